The van der Waals surface area contributed by atoms with Crippen molar-refractivity contribution in [2.45, 2.75) is 6.92 Å². The number of amides is 2. The molecule has 1 aliphatic rings. The molecule has 9 heteroatoms. The van der Waals surface area contributed by atoms with E-state index >= 15 is 0 Å². The first-order chi connectivity index (χ1) is 14.1. The minimum atomic E-state index is -0.803. The van der Waals surface area contributed by atoms with Gasteiger partial charge in [0.2, 0.25) is 6.79 Å². The quantitative estimate of drug-likeness (QED) is 0.416. The van der Waals surface area contributed by atoms with Crippen LogP contribution < -0.4 is 24.8 Å². The molecule has 0 saturated carbocycles. The molecular formula is C20H20N2O7. The molecule has 2 amide bonds. The third-order valence-electron chi connectivity index (χ3n) is 3.91. The van der Waals surface area contributed by atoms with Crippen molar-refractivity contribution in [3.05, 3.63) is 53.6 Å². The summed E-state index contributed by atoms with van der Waals surface area (Å²) in [6.45, 7) is 2.53. The summed E-state index contributed by atoms with van der Waals surface area (Å²) >= 11 is 0. The molecule has 0 aromatic heterocycles. The van der Waals surface area contributed by atoms with E-state index in [9.17, 15) is 14.4 Å². The van der Waals surface area contributed by atoms with E-state index in [4.69, 9.17) is 14.2 Å². The van der Waals surface area contributed by atoms with Crippen LogP contribution in [0.2, 0.25) is 0 Å². The van der Waals surface area contributed by atoms with Crippen molar-refractivity contribution in [1.82, 2.24) is 10.6 Å². The van der Waals surface area contributed by atoms with Crippen LogP contribution in [0.1, 0.15) is 27.6 Å². The Morgan fingerprint density at radius 1 is 0.897 bits per heavy atom. The molecule has 3 rings (SSSR count). The molecule has 2 N–H and O–H groups in total. The molecule has 152 valence electrons. The maximum absolute atomic E-state index is 12.2. The number of ether oxygens (including phenoxy) is 4. The van der Waals surface area contributed by atoms with Crippen LogP contribution in [-0.4, -0.2) is 44.5 Å². The molecular weight excluding hydrogens is 380 g/mol. The average molecular weight is 400 g/mol. The monoisotopic (exact) mass is 400 g/mol. The second-order valence-corrected chi connectivity index (χ2v) is 5.89. The van der Waals surface area contributed by atoms with Gasteiger partial charge in [-0.05, 0) is 49.4 Å². The Labute approximate surface area is 166 Å². The van der Waals surface area contributed by atoms with Gasteiger partial charge >= 0.3 is 6.16 Å². The molecule has 0 aliphatic carbocycles. The van der Waals surface area contributed by atoms with Crippen LogP contribution >= 0.6 is 0 Å². The Kier molecular flexibility index (Phi) is 6.51. The van der Waals surface area contributed by atoms with E-state index in [1.54, 1.807) is 25.1 Å². The van der Waals surface area contributed by atoms with Crippen LogP contribution in [0.4, 0.5) is 4.79 Å². The standard InChI is InChI=1S/C20H20N2O7/c1-2-26-20(25)29-15-6-3-13(4-7-15)18(23)21-9-10-22-19(24)14-5-8-16-17(11-14)28-12-27-16/h3-8,11H,2,9-10,12H2,1H3,(H,21,23)(H,22,24). The lowest BCUT2D eigenvalue weighted by Crippen LogP contribution is -2.34. The van der Waals surface area contributed by atoms with Gasteiger partial charge in [0.25, 0.3) is 11.8 Å². The molecule has 1 heterocycles. The van der Waals surface area contributed by atoms with E-state index in [2.05, 4.69) is 15.4 Å². The molecule has 0 saturated heterocycles. The number of carbonyl (C=O) groups excluding carboxylic acids is 3. The van der Waals surface area contributed by atoms with E-state index in [1.807, 2.05) is 0 Å². The fraction of sp³-hybridized carbons (Fsp3) is 0.250. The highest BCUT2D eigenvalue weighted by Crippen LogP contribution is 2.32. The molecule has 1 aliphatic heterocycles. The van der Waals surface area contributed by atoms with Crippen molar-refractivity contribution in [2.24, 2.45) is 0 Å². The number of fused-ring (bicyclic) bond motifs is 1. The minimum absolute atomic E-state index is 0.141. The smallest absolute Gasteiger partial charge is 0.454 e. The number of carbonyl (C=O) groups is 3. The van der Waals surface area contributed by atoms with Crippen molar-refractivity contribution in [1.29, 1.82) is 0 Å². The lowest BCUT2D eigenvalue weighted by atomic mass is 10.2. The molecule has 0 unspecified atom stereocenters. The number of nitrogens with one attached hydrogen (secondary N) is 2. The highest BCUT2D eigenvalue weighted by Gasteiger charge is 2.16. The number of rotatable bonds is 7. The second-order valence-electron chi connectivity index (χ2n) is 5.89. The summed E-state index contributed by atoms with van der Waals surface area (Å²) in [4.78, 5) is 35.5. The van der Waals surface area contributed by atoms with Gasteiger partial charge in [0, 0.05) is 24.2 Å². The van der Waals surface area contributed by atoms with Crippen LogP contribution in [0.15, 0.2) is 42.5 Å². The first-order valence-corrected chi connectivity index (χ1v) is 8.97. The van der Waals surface area contributed by atoms with E-state index in [0.29, 0.717) is 22.6 Å². The molecule has 0 radical (unpaired) electrons. The predicted octanol–water partition coefficient (Wildman–Crippen LogP) is 2.11. The SMILES string of the molecule is CCOC(=O)Oc1ccc(C(=O)NCCNC(=O)c2ccc3c(c2)OCO3)cc1. The Morgan fingerprint density at radius 3 is 2.21 bits per heavy atom. The Hall–Kier alpha value is -3.75. The number of hydrogen-bond acceptors (Lipinski definition) is 7. The van der Waals surface area contributed by atoms with Gasteiger partial charge in [-0.2, -0.15) is 0 Å². The van der Waals surface area contributed by atoms with Crippen LogP contribution in [0, 0.1) is 0 Å². The van der Waals surface area contributed by atoms with Gasteiger partial charge in [0.1, 0.15) is 5.75 Å². The summed E-state index contributed by atoms with van der Waals surface area (Å²) in [5, 5.41) is 5.42. The molecule has 2 aromatic rings. The highest BCUT2D eigenvalue weighted by atomic mass is 16.7. The summed E-state index contributed by atoms with van der Waals surface area (Å²) in [5.74, 6) is 0.813. The van der Waals surface area contributed by atoms with Crippen LogP contribution in [0.25, 0.3) is 0 Å². The summed E-state index contributed by atoms with van der Waals surface area (Å²) in [6, 6.07) is 11.0. The van der Waals surface area contributed by atoms with Crippen molar-refractivity contribution in [3.8, 4) is 17.2 Å². The summed E-state index contributed by atoms with van der Waals surface area (Å²) in [5.41, 5.74) is 0.834. The fourth-order valence-corrected chi connectivity index (χ4v) is 2.51. The van der Waals surface area contributed by atoms with E-state index in [0.717, 1.165) is 0 Å². The third kappa shape index (κ3) is 5.38. The fourth-order valence-electron chi connectivity index (χ4n) is 2.51. The zero-order chi connectivity index (χ0) is 20.6. The minimum Gasteiger partial charge on any atom is -0.454 e. The largest absolute Gasteiger partial charge is 0.513 e. The molecule has 2 aromatic carbocycles. The van der Waals surface area contributed by atoms with E-state index in [1.165, 1.54) is 24.3 Å². The van der Waals surface area contributed by atoms with Crippen LogP contribution in [-0.2, 0) is 4.74 Å². The topological polar surface area (TPSA) is 112 Å². The van der Waals surface area contributed by atoms with Crippen LogP contribution in [0.3, 0.4) is 0 Å². The van der Waals surface area contributed by atoms with E-state index in [-0.39, 0.29) is 44.1 Å². The van der Waals surface area contributed by atoms with Crippen molar-refractivity contribution in [3.63, 3.8) is 0 Å². The predicted molar refractivity (Wildman–Crippen MR) is 101 cm³/mol. The third-order valence-corrected chi connectivity index (χ3v) is 3.91. The zero-order valence-electron chi connectivity index (χ0n) is 15.7. The molecule has 0 spiro atoms. The summed E-state index contributed by atoms with van der Waals surface area (Å²) in [7, 11) is 0. The molecule has 0 fully saturated rings. The molecule has 9 nitrogen and oxygen atoms in total. The molecule has 29 heavy (non-hydrogen) atoms. The normalized spacial score (nSPS) is 11.5. The Morgan fingerprint density at radius 2 is 1.52 bits per heavy atom. The van der Waals surface area contributed by atoms with Crippen molar-refractivity contribution >= 4 is 18.0 Å². The Balaban J connectivity index is 1.41. The maximum atomic E-state index is 12.2. The Bertz CT molecular complexity index is 896. The first-order valence-electron chi connectivity index (χ1n) is 8.97. The van der Waals surface area contributed by atoms with Gasteiger partial charge in [-0.3, -0.25) is 9.59 Å². The molecule has 0 bridgehead atoms. The summed E-state index contributed by atoms with van der Waals surface area (Å²) in [6.07, 6.45) is -0.803. The van der Waals surface area contributed by atoms with Gasteiger partial charge in [-0.25, -0.2) is 4.79 Å². The van der Waals surface area contributed by atoms with Gasteiger partial charge in [-0.1, -0.05) is 0 Å². The number of hydrogen-bond donors (Lipinski definition) is 2. The van der Waals surface area contributed by atoms with E-state index < -0.39 is 6.16 Å². The maximum Gasteiger partial charge on any atom is 0.513 e. The lowest BCUT2D eigenvalue weighted by Gasteiger charge is -2.08. The van der Waals surface area contributed by atoms with Crippen LogP contribution in [0.5, 0.6) is 17.2 Å². The average Bonchev–Trinajstić information content (AvgIpc) is 3.19. The summed E-state index contributed by atoms with van der Waals surface area (Å²) < 4.78 is 20.0. The van der Waals surface area contributed by atoms with Gasteiger partial charge in [0.15, 0.2) is 11.5 Å². The lowest BCUT2D eigenvalue weighted by molar-refractivity contribution is 0.0927. The van der Waals surface area contributed by atoms with Crippen molar-refractivity contribution < 1.29 is 33.3 Å². The highest BCUT2D eigenvalue weighted by molar-refractivity contribution is 5.95. The zero-order valence-corrected chi connectivity index (χ0v) is 15.7. The van der Waals surface area contributed by atoms with Crippen molar-refractivity contribution in [2.75, 3.05) is 26.5 Å². The second kappa shape index (κ2) is 9.45. The number of benzene rings is 2. The first kappa shape index (κ1) is 20.0. The van der Waals surface area contributed by atoms with Gasteiger partial charge in [0.05, 0.1) is 6.61 Å². The van der Waals surface area contributed by atoms with Gasteiger partial charge in [-0.15, -0.1) is 0 Å². The molecule has 0 atom stereocenters. The van der Waals surface area contributed by atoms with Gasteiger partial charge < -0.3 is 29.6 Å².